The topological polar surface area (TPSA) is 53.4 Å². The monoisotopic (exact) mass is 248 g/mol. The number of aromatic amines is 1. The highest BCUT2D eigenvalue weighted by Crippen LogP contribution is 2.10. The Balaban J connectivity index is 1.44. The molecule has 4 heteroatoms. The molecular formula is C14H24N4. The molecular weight excluding hydrogens is 224 g/mol. The van der Waals surface area contributed by atoms with E-state index in [1.807, 2.05) is 0 Å². The van der Waals surface area contributed by atoms with Gasteiger partial charge < -0.3 is 4.98 Å². The van der Waals surface area contributed by atoms with Crippen molar-refractivity contribution in [2.75, 3.05) is 0 Å². The van der Waals surface area contributed by atoms with E-state index in [2.05, 4.69) is 27.1 Å². The van der Waals surface area contributed by atoms with Crippen LogP contribution in [0.4, 0.5) is 0 Å². The summed E-state index contributed by atoms with van der Waals surface area (Å²) in [5.41, 5.74) is 1.65. The first-order chi connectivity index (χ1) is 8.90. The first-order valence-electron chi connectivity index (χ1n) is 7.41. The molecule has 1 N–H and O–H groups in total. The van der Waals surface area contributed by atoms with Gasteiger partial charge in [0.1, 0.15) is 5.82 Å². The number of aryl methyl sites for hydroxylation is 1. The van der Waals surface area contributed by atoms with Crippen molar-refractivity contribution in [3.05, 3.63) is 16.8 Å². The van der Waals surface area contributed by atoms with Crippen LogP contribution in [0.15, 0.2) is 10.2 Å². The fourth-order valence-electron chi connectivity index (χ4n) is 2.31. The van der Waals surface area contributed by atoms with Crippen LogP contribution in [0.5, 0.6) is 0 Å². The van der Waals surface area contributed by atoms with E-state index in [4.69, 9.17) is 0 Å². The SMILES string of the molecule is CCCCCCCCCCCc1nc2c([nH]1)=NN=2. The number of nitrogens with one attached hydrogen (secondary N) is 1. The number of nitrogens with zero attached hydrogens (tertiary/aromatic N) is 3. The van der Waals surface area contributed by atoms with Crippen LogP contribution in [-0.2, 0) is 6.42 Å². The first-order valence-corrected chi connectivity index (χ1v) is 7.41. The second kappa shape index (κ2) is 7.29. The largest absolute Gasteiger partial charge is 0.324 e. The smallest absolute Gasteiger partial charge is 0.221 e. The minimum Gasteiger partial charge on any atom is -0.324 e. The number of unbranched alkanes of at least 4 members (excludes halogenated alkanes) is 8. The lowest BCUT2D eigenvalue weighted by molar-refractivity contribution is 0.562. The highest BCUT2D eigenvalue weighted by atomic mass is 15.3. The summed E-state index contributed by atoms with van der Waals surface area (Å²) in [7, 11) is 0. The van der Waals surface area contributed by atoms with Crippen LogP contribution in [-0.4, -0.2) is 9.97 Å². The van der Waals surface area contributed by atoms with Crippen molar-refractivity contribution < 1.29 is 0 Å². The molecule has 1 aromatic heterocycles. The molecule has 100 valence electrons. The second-order valence-electron chi connectivity index (χ2n) is 5.13. The molecule has 2 heterocycles. The van der Waals surface area contributed by atoms with Gasteiger partial charge in [0.05, 0.1) is 0 Å². The fraction of sp³-hybridized carbons (Fsp3) is 0.786. The van der Waals surface area contributed by atoms with Crippen molar-refractivity contribution in [2.45, 2.75) is 71.1 Å². The number of hydrogen-bond acceptors (Lipinski definition) is 3. The van der Waals surface area contributed by atoms with Gasteiger partial charge >= 0.3 is 0 Å². The van der Waals surface area contributed by atoms with Crippen molar-refractivity contribution in [1.29, 1.82) is 0 Å². The van der Waals surface area contributed by atoms with E-state index >= 15 is 0 Å². The molecule has 0 radical (unpaired) electrons. The Bertz CT molecular complexity index is 429. The Kier molecular flexibility index (Phi) is 5.36. The zero-order valence-electron chi connectivity index (χ0n) is 11.4. The molecule has 0 amide bonds. The van der Waals surface area contributed by atoms with E-state index in [9.17, 15) is 0 Å². The van der Waals surface area contributed by atoms with Gasteiger partial charge in [0.25, 0.3) is 0 Å². The maximum Gasteiger partial charge on any atom is 0.221 e. The molecule has 1 aromatic rings. The molecule has 0 fully saturated rings. The molecule has 1 aliphatic rings. The minimum atomic E-state index is 0.793. The normalized spacial score (nSPS) is 12.5. The van der Waals surface area contributed by atoms with E-state index in [-0.39, 0.29) is 0 Å². The third-order valence-corrected chi connectivity index (χ3v) is 3.48. The van der Waals surface area contributed by atoms with Crippen molar-refractivity contribution >= 4 is 0 Å². The number of hydrogen-bond donors (Lipinski definition) is 1. The summed E-state index contributed by atoms with van der Waals surface area (Å²) in [5.74, 6) is 1.05. The number of imidazole rings is 1. The van der Waals surface area contributed by atoms with Crippen LogP contribution in [0, 0.1) is 0 Å². The Labute approximate surface area is 109 Å². The molecule has 0 bridgehead atoms. The van der Waals surface area contributed by atoms with E-state index in [0.717, 1.165) is 23.2 Å². The fourth-order valence-corrected chi connectivity index (χ4v) is 2.31. The number of aromatic nitrogens is 2. The molecule has 4 nitrogen and oxygen atoms in total. The number of fused-ring (bicyclic) bond motifs is 1. The Morgan fingerprint density at radius 1 is 0.833 bits per heavy atom. The van der Waals surface area contributed by atoms with Gasteiger partial charge in [0.15, 0.2) is 0 Å². The van der Waals surface area contributed by atoms with Crippen LogP contribution in [0.2, 0.25) is 0 Å². The van der Waals surface area contributed by atoms with Gasteiger partial charge in [-0.25, -0.2) is 4.98 Å². The predicted molar refractivity (Wildman–Crippen MR) is 71.8 cm³/mol. The molecule has 0 aromatic carbocycles. The van der Waals surface area contributed by atoms with E-state index in [1.165, 1.54) is 57.8 Å². The van der Waals surface area contributed by atoms with E-state index in [1.54, 1.807) is 0 Å². The highest BCUT2D eigenvalue weighted by molar-refractivity contribution is 4.90. The molecule has 2 rings (SSSR count). The first kappa shape index (κ1) is 13.2. The summed E-state index contributed by atoms with van der Waals surface area (Å²) < 4.78 is 0. The average molecular weight is 248 g/mol. The second-order valence-corrected chi connectivity index (χ2v) is 5.13. The van der Waals surface area contributed by atoms with Crippen LogP contribution >= 0.6 is 0 Å². The lowest BCUT2D eigenvalue weighted by atomic mass is 10.1. The predicted octanol–water partition coefficient (Wildman–Crippen LogP) is 2.65. The van der Waals surface area contributed by atoms with Gasteiger partial charge in [-0.05, 0) is 6.42 Å². The molecule has 0 unspecified atom stereocenters. The van der Waals surface area contributed by atoms with Gasteiger partial charge in [-0.3, -0.25) is 0 Å². The highest BCUT2D eigenvalue weighted by Gasteiger charge is 2.05. The van der Waals surface area contributed by atoms with Crippen molar-refractivity contribution in [3.63, 3.8) is 0 Å². The summed E-state index contributed by atoms with van der Waals surface area (Å²) in [4.78, 5) is 7.53. The molecule has 0 atom stereocenters. The summed E-state index contributed by atoms with van der Waals surface area (Å²) in [5, 5.41) is 7.68. The van der Waals surface area contributed by atoms with Crippen LogP contribution in [0.3, 0.4) is 0 Å². The molecule has 1 aliphatic heterocycles. The summed E-state index contributed by atoms with van der Waals surface area (Å²) in [6, 6.07) is 0. The Morgan fingerprint density at radius 3 is 2.00 bits per heavy atom. The molecule has 18 heavy (non-hydrogen) atoms. The lowest BCUT2D eigenvalue weighted by Gasteiger charge is -2.01. The maximum absolute atomic E-state index is 4.35. The zero-order valence-corrected chi connectivity index (χ0v) is 11.4. The van der Waals surface area contributed by atoms with Gasteiger partial charge in [-0.15, -0.1) is 10.2 Å². The average Bonchev–Trinajstić information content (AvgIpc) is 2.64. The third kappa shape index (κ3) is 3.93. The summed E-state index contributed by atoms with van der Waals surface area (Å²) in [6.45, 7) is 2.27. The molecule has 0 aliphatic carbocycles. The Hall–Kier alpha value is -1.19. The number of H-pyrrole nitrogens is 1. The zero-order chi connectivity index (χ0) is 12.6. The third-order valence-electron chi connectivity index (χ3n) is 3.48. The lowest BCUT2D eigenvalue weighted by Crippen LogP contribution is -2.31. The van der Waals surface area contributed by atoms with Gasteiger partial charge in [-0.1, -0.05) is 58.3 Å². The van der Waals surface area contributed by atoms with Crippen molar-refractivity contribution in [3.8, 4) is 0 Å². The van der Waals surface area contributed by atoms with Crippen molar-refractivity contribution in [1.82, 2.24) is 9.97 Å². The van der Waals surface area contributed by atoms with Gasteiger partial charge in [0.2, 0.25) is 11.0 Å². The summed E-state index contributed by atoms with van der Waals surface area (Å²) >= 11 is 0. The van der Waals surface area contributed by atoms with Crippen molar-refractivity contribution in [2.24, 2.45) is 10.2 Å². The van der Waals surface area contributed by atoms with Crippen LogP contribution in [0.1, 0.15) is 70.5 Å². The summed E-state index contributed by atoms with van der Waals surface area (Å²) in [6.07, 6.45) is 13.3. The van der Waals surface area contributed by atoms with E-state index in [0.29, 0.717) is 0 Å². The molecule has 0 saturated heterocycles. The van der Waals surface area contributed by atoms with Crippen LogP contribution in [0.25, 0.3) is 0 Å². The quantitative estimate of drug-likeness (QED) is 0.636. The van der Waals surface area contributed by atoms with Crippen LogP contribution < -0.4 is 11.0 Å². The maximum atomic E-state index is 4.35. The van der Waals surface area contributed by atoms with Gasteiger partial charge in [0, 0.05) is 6.42 Å². The number of rotatable bonds is 10. The molecule has 0 spiro atoms. The van der Waals surface area contributed by atoms with Gasteiger partial charge in [-0.2, -0.15) is 0 Å². The molecule has 0 saturated carbocycles. The minimum absolute atomic E-state index is 0.793. The van der Waals surface area contributed by atoms with E-state index < -0.39 is 0 Å². The standard InChI is InChI=1S/C14H24N4/c1-2-3-4-5-6-7-8-9-10-11-12-15-13-14(16-12)18-17-13/h2-11H2,1H3,(H,15,16,17,18). The Morgan fingerprint density at radius 2 is 1.50 bits per heavy atom.